The summed E-state index contributed by atoms with van der Waals surface area (Å²) in [7, 11) is 1.68. The minimum absolute atomic E-state index is 0.926. The van der Waals surface area contributed by atoms with Crippen molar-refractivity contribution in [1.82, 2.24) is 4.98 Å². The van der Waals surface area contributed by atoms with Gasteiger partial charge in [-0.3, -0.25) is 0 Å². The lowest BCUT2D eigenvalue weighted by molar-refractivity contribution is 0.414. The summed E-state index contributed by atoms with van der Waals surface area (Å²) >= 11 is 3.40. The van der Waals surface area contributed by atoms with Crippen LogP contribution < -0.4 is 4.74 Å². The molecule has 98 valence electrons. The number of methoxy groups -OCH3 is 1. The molecule has 2 nitrogen and oxygen atoms in total. The van der Waals surface area contributed by atoms with Crippen LogP contribution in [0.1, 0.15) is 5.56 Å². The number of hydrogen-bond acceptors (Lipinski definition) is 1. The van der Waals surface area contributed by atoms with Crippen LogP contribution in [0.4, 0.5) is 0 Å². The van der Waals surface area contributed by atoms with Gasteiger partial charge < -0.3 is 9.72 Å². The Morgan fingerprint density at radius 1 is 1.05 bits per heavy atom. The number of H-pyrrole nitrogens is 1. The third-order valence-electron chi connectivity index (χ3n) is 2.74. The first-order chi connectivity index (χ1) is 9.19. The Bertz CT molecular complexity index is 660. The van der Waals surface area contributed by atoms with E-state index in [1.165, 1.54) is 16.5 Å². The normalized spacial score (nSPS) is 9.84. The van der Waals surface area contributed by atoms with Crippen LogP contribution in [0.3, 0.4) is 0 Å². The summed E-state index contributed by atoms with van der Waals surface area (Å²) in [6.45, 7) is 2.04. The van der Waals surface area contributed by atoms with Crippen molar-refractivity contribution in [3.05, 3.63) is 64.8 Å². The van der Waals surface area contributed by atoms with Gasteiger partial charge >= 0.3 is 0 Å². The van der Waals surface area contributed by atoms with E-state index in [0.717, 1.165) is 10.2 Å². The van der Waals surface area contributed by atoms with Crippen molar-refractivity contribution in [3.63, 3.8) is 0 Å². The molecule has 1 heterocycles. The van der Waals surface area contributed by atoms with Gasteiger partial charge in [-0.25, -0.2) is 0 Å². The number of rotatable bonds is 1. The summed E-state index contributed by atoms with van der Waals surface area (Å²) in [5, 5.41) is 1.24. The topological polar surface area (TPSA) is 25.0 Å². The van der Waals surface area contributed by atoms with Crippen LogP contribution >= 0.6 is 15.9 Å². The lowest BCUT2D eigenvalue weighted by Gasteiger charge is -1.97. The molecule has 1 aromatic heterocycles. The molecule has 0 radical (unpaired) electrons. The lowest BCUT2D eigenvalue weighted by Crippen LogP contribution is -1.81. The molecule has 0 saturated carbocycles. The minimum atomic E-state index is 0.926. The highest BCUT2D eigenvalue weighted by molar-refractivity contribution is 9.10. The van der Waals surface area contributed by atoms with Crippen molar-refractivity contribution in [3.8, 4) is 5.75 Å². The molecule has 1 N–H and O–H groups in total. The van der Waals surface area contributed by atoms with E-state index in [9.17, 15) is 0 Å². The fraction of sp³-hybridized carbons (Fsp3) is 0.125. The van der Waals surface area contributed by atoms with Crippen LogP contribution in [0.2, 0.25) is 0 Å². The van der Waals surface area contributed by atoms with Crippen molar-refractivity contribution in [2.75, 3.05) is 7.11 Å². The van der Waals surface area contributed by atoms with E-state index in [0.29, 0.717) is 0 Å². The molecule has 0 fully saturated rings. The van der Waals surface area contributed by atoms with Crippen LogP contribution in [0.25, 0.3) is 10.9 Å². The molecular formula is C16H16BrNO. The zero-order valence-corrected chi connectivity index (χ0v) is 12.6. The molecule has 0 unspecified atom stereocenters. The van der Waals surface area contributed by atoms with E-state index in [2.05, 4.69) is 39.1 Å². The van der Waals surface area contributed by atoms with Crippen LogP contribution in [0.5, 0.6) is 5.75 Å². The summed E-state index contributed by atoms with van der Waals surface area (Å²) in [4.78, 5) is 3.13. The third-order valence-corrected chi connectivity index (χ3v) is 3.23. The third kappa shape index (κ3) is 3.86. The molecule has 19 heavy (non-hydrogen) atoms. The van der Waals surface area contributed by atoms with Crippen molar-refractivity contribution in [1.29, 1.82) is 0 Å². The van der Waals surface area contributed by atoms with Gasteiger partial charge in [-0.2, -0.15) is 0 Å². The van der Waals surface area contributed by atoms with Crippen molar-refractivity contribution >= 4 is 26.8 Å². The van der Waals surface area contributed by atoms with E-state index in [1.54, 1.807) is 7.11 Å². The number of aryl methyl sites for hydroxylation is 1. The van der Waals surface area contributed by atoms with Gasteiger partial charge in [0.25, 0.3) is 0 Å². The predicted octanol–water partition coefficient (Wildman–Crippen LogP) is 4.93. The Hall–Kier alpha value is -1.74. The molecule has 0 aliphatic carbocycles. The Morgan fingerprint density at radius 3 is 2.58 bits per heavy atom. The molecule has 0 bridgehead atoms. The lowest BCUT2D eigenvalue weighted by atomic mass is 10.2. The maximum Gasteiger partial charge on any atom is 0.119 e. The molecule has 2 aromatic carbocycles. The number of benzene rings is 2. The average Bonchev–Trinajstić information content (AvgIpc) is 2.86. The van der Waals surface area contributed by atoms with E-state index in [1.807, 2.05) is 43.5 Å². The Kier molecular flexibility index (Phi) is 4.63. The van der Waals surface area contributed by atoms with Gasteiger partial charge in [0, 0.05) is 21.6 Å². The highest BCUT2D eigenvalue weighted by Gasteiger charge is 1.92. The summed E-state index contributed by atoms with van der Waals surface area (Å²) in [6.07, 6.45) is 1.94. The molecule has 3 heteroatoms. The van der Waals surface area contributed by atoms with Gasteiger partial charge in [-0.1, -0.05) is 28.1 Å². The zero-order chi connectivity index (χ0) is 13.7. The Labute approximate surface area is 121 Å². The fourth-order valence-electron chi connectivity index (χ4n) is 1.77. The Balaban J connectivity index is 0.000000141. The molecular weight excluding hydrogens is 302 g/mol. The Morgan fingerprint density at radius 2 is 1.89 bits per heavy atom. The SMILES string of the molecule is Brc1ccc2[nH]ccc2c1.COc1cccc(C)c1. The van der Waals surface area contributed by atoms with Crippen LogP contribution in [-0.2, 0) is 0 Å². The highest BCUT2D eigenvalue weighted by atomic mass is 79.9. The molecule has 0 saturated heterocycles. The molecule has 0 aliphatic rings. The first-order valence-corrected chi connectivity index (χ1v) is 6.81. The molecule has 3 aromatic rings. The predicted molar refractivity (Wildman–Crippen MR) is 83.7 cm³/mol. The second kappa shape index (κ2) is 6.43. The first kappa shape index (κ1) is 13.7. The van der Waals surface area contributed by atoms with Gasteiger partial charge in [-0.15, -0.1) is 0 Å². The van der Waals surface area contributed by atoms with Gasteiger partial charge in [0.15, 0.2) is 0 Å². The maximum absolute atomic E-state index is 5.00. The quantitative estimate of drug-likeness (QED) is 0.676. The molecule has 0 amide bonds. The minimum Gasteiger partial charge on any atom is -0.497 e. The number of aromatic nitrogens is 1. The van der Waals surface area contributed by atoms with E-state index >= 15 is 0 Å². The number of ether oxygens (including phenoxy) is 1. The van der Waals surface area contributed by atoms with E-state index in [4.69, 9.17) is 4.74 Å². The number of halogens is 1. The highest BCUT2D eigenvalue weighted by Crippen LogP contribution is 2.17. The van der Waals surface area contributed by atoms with Gasteiger partial charge in [0.1, 0.15) is 5.75 Å². The molecule has 0 aliphatic heterocycles. The number of aromatic amines is 1. The second-order valence-electron chi connectivity index (χ2n) is 4.23. The largest absolute Gasteiger partial charge is 0.497 e. The standard InChI is InChI=1S/C8H6BrN.C8H10O/c9-7-1-2-8-6(5-7)3-4-10-8;1-7-4-3-5-8(6-7)9-2/h1-5,10H;3-6H,1-2H3. The summed E-state index contributed by atoms with van der Waals surface area (Å²) in [5.41, 5.74) is 2.41. The van der Waals surface area contributed by atoms with Gasteiger partial charge in [0.05, 0.1) is 7.11 Å². The fourth-order valence-corrected chi connectivity index (χ4v) is 2.15. The van der Waals surface area contributed by atoms with E-state index in [-0.39, 0.29) is 0 Å². The van der Waals surface area contributed by atoms with Crippen molar-refractivity contribution < 1.29 is 4.74 Å². The smallest absolute Gasteiger partial charge is 0.119 e. The van der Waals surface area contributed by atoms with Crippen molar-refractivity contribution in [2.45, 2.75) is 6.92 Å². The average molecular weight is 318 g/mol. The van der Waals surface area contributed by atoms with Gasteiger partial charge in [0.2, 0.25) is 0 Å². The molecule has 0 atom stereocenters. The van der Waals surface area contributed by atoms with Crippen molar-refractivity contribution in [2.24, 2.45) is 0 Å². The van der Waals surface area contributed by atoms with Crippen LogP contribution in [-0.4, -0.2) is 12.1 Å². The number of fused-ring (bicyclic) bond motifs is 1. The van der Waals surface area contributed by atoms with Crippen LogP contribution in [0, 0.1) is 6.92 Å². The van der Waals surface area contributed by atoms with Crippen LogP contribution in [0.15, 0.2) is 59.2 Å². The van der Waals surface area contributed by atoms with E-state index < -0.39 is 0 Å². The monoisotopic (exact) mass is 317 g/mol. The number of nitrogens with one attached hydrogen (secondary N) is 1. The summed E-state index contributed by atoms with van der Waals surface area (Å²) in [6, 6.07) is 16.2. The second-order valence-corrected chi connectivity index (χ2v) is 5.15. The van der Waals surface area contributed by atoms with Gasteiger partial charge in [-0.05, 0) is 48.9 Å². The number of hydrogen-bond donors (Lipinski definition) is 1. The zero-order valence-electron chi connectivity index (χ0n) is 11.0. The first-order valence-electron chi connectivity index (χ1n) is 6.02. The summed E-state index contributed by atoms with van der Waals surface area (Å²) < 4.78 is 6.12. The summed E-state index contributed by atoms with van der Waals surface area (Å²) in [5.74, 6) is 0.926. The molecule has 3 rings (SSSR count). The maximum atomic E-state index is 5.00. The molecule has 0 spiro atoms.